The summed E-state index contributed by atoms with van der Waals surface area (Å²) in [5.41, 5.74) is 2.33. The summed E-state index contributed by atoms with van der Waals surface area (Å²) in [5, 5.41) is 0. The summed E-state index contributed by atoms with van der Waals surface area (Å²) in [6, 6.07) is 7.52. The lowest BCUT2D eigenvalue weighted by molar-refractivity contribution is 0.304. The standard InChI is InChI=1S/C11H12BrN5O2/c1-2-18-10-14-9(17-13)15-11(16-10)19-8-5-3-7(12)4-6-8/h3-6H,2,13H2,1H3,(H,14,15,16,17). The van der Waals surface area contributed by atoms with Crippen molar-refractivity contribution >= 4 is 21.9 Å². The average molecular weight is 326 g/mol. The van der Waals surface area contributed by atoms with Crippen LogP contribution in [0.15, 0.2) is 28.7 Å². The summed E-state index contributed by atoms with van der Waals surface area (Å²) in [4.78, 5) is 11.9. The van der Waals surface area contributed by atoms with E-state index < -0.39 is 0 Å². The van der Waals surface area contributed by atoms with Crippen molar-refractivity contribution < 1.29 is 9.47 Å². The number of hydrogen-bond acceptors (Lipinski definition) is 7. The Labute approximate surface area is 118 Å². The number of nitrogens with zero attached hydrogens (tertiary/aromatic N) is 3. The molecule has 1 heterocycles. The molecular weight excluding hydrogens is 314 g/mol. The molecular formula is C11H12BrN5O2. The number of hydrazine groups is 1. The Morgan fingerprint density at radius 2 is 1.84 bits per heavy atom. The summed E-state index contributed by atoms with van der Waals surface area (Å²) in [7, 11) is 0. The van der Waals surface area contributed by atoms with Crippen LogP contribution in [0.5, 0.6) is 17.8 Å². The third-order valence-electron chi connectivity index (χ3n) is 2.02. The van der Waals surface area contributed by atoms with Gasteiger partial charge in [-0.05, 0) is 31.2 Å². The Morgan fingerprint density at radius 1 is 1.16 bits per heavy atom. The van der Waals surface area contributed by atoms with Crippen molar-refractivity contribution in [2.75, 3.05) is 12.0 Å². The molecule has 0 aliphatic carbocycles. The van der Waals surface area contributed by atoms with Gasteiger partial charge in [-0.15, -0.1) is 4.98 Å². The molecule has 19 heavy (non-hydrogen) atoms. The summed E-state index contributed by atoms with van der Waals surface area (Å²) >= 11 is 3.34. The Kier molecular flexibility index (Phi) is 4.48. The summed E-state index contributed by atoms with van der Waals surface area (Å²) in [6.07, 6.45) is 0. The molecule has 0 unspecified atom stereocenters. The van der Waals surface area contributed by atoms with E-state index in [0.717, 1.165) is 4.47 Å². The zero-order valence-corrected chi connectivity index (χ0v) is 11.7. The summed E-state index contributed by atoms with van der Waals surface area (Å²) < 4.78 is 11.7. The lowest BCUT2D eigenvalue weighted by Crippen LogP contribution is -2.12. The fourth-order valence-electron chi connectivity index (χ4n) is 1.25. The van der Waals surface area contributed by atoms with Gasteiger partial charge in [0.05, 0.1) is 6.61 Å². The summed E-state index contributed by atoms with van der Waals surface area (Å²) in [5.74, 6) is 6.05. The zero-order chi connectivity index (χ0) is 13.7. The number of hydrogen-bond donors (Lipinski definition) is 2. The Balaban J connectivity index is 2.23. The fourth-order valence-corrected chi connectivity index (χ4v) is 1.51. The van der Waals surface area contributed by atoms with Crippen LogP contribution in [0, 0.1) is 0 Å². The first-order chi connectivity index (χ1) is 9.21. The number of aromatic nitrogens is 3. The topological polar surface area (TPSA) is 95.2 Å². The molecule has 0 aliphatic rings. The Bertz CT molecular complexity index is 549. The minimum Gasteiger partial charge on any atom is -0.464 e. The van der Waals surface area contributed by atoms with Crippen LogP contribution in [-0.2, 0) is 0 Å². The van der Waals surface area contributed by atoms with E-state index in [1.54, 1.807) is 12.1 Å². The lowest BCUT2D eigenvalue weighted by Gasteiger charge is -2.07. The molecule has 1 aromatic heterocycles. The van der Waals surface area contributed by atoms with Crippen molar-refractivity contribution in [1.29, 1.82) is 0 Å². The van der Waals surface area contributed by atoms with E-state index in [-0.39, 0.29) is 18.0 Å². The maximum Gasteiger partial charge on any atom is 0.330 e. The van der Waals surface area contributed by atoms with Gasteiger partial charge in [-0.25, -0.2) is 5.84 Å². The number of rotatable bonds is 5. The number of benzene rings is 1. The highest BCUT2D eigenvalue weighted by Crippen LogP contribution is 2.22. The van der Waals surface area contributed by atoms with Crippen LogP contribution >= 0.6 is 15.9 Å². The molecule has 0 fully saturated rings. The van der Waals surface area contributed by atoms with E-state index in [1.807, 2.05) is 19.1 Å². The first-order valence-electron chi connectivity index (χ1n) is 5.50. The van der Waals surface area contributed by atoms with Crippen molar-refractivity contribution in [2.45, 2.75) is 6.92 Å². The van der Waals surface area contributed by atoms with Gasteiger partial charge in [0.2, 0.25) is 5.95 Å². The summed E-state index contributed by atoms with van der Waals surface area (Å²) in [6.45, 7) is 2.26. The maximum absolute atomic E-state index is 5.50. The van der Waals surface area contributed by atoms with Crippen LogP contribution in [0.3, 0.4) is 0 Å². The molecule has 100 valence electrons. The predicted molar refractivity (Wildman–Crippen MR) is 73.0 cm³/mol. The normalized spacial score (nSPS) is 10.1. The van der Waals surface area contributed by atoms with E-state index >= 15 is 0 Å². The van der Waals surface area contributed by atoms with Gasteiger partial charge >= 0.3 is 12.0 Å². The monoisotopic (exact) mass is 325 g/mol. The van der Waals surface area contributed by atoms with Crippen molar-refractivity contribution in [1.82, 2.24) is 15.0 Å². The molecule has 0 saturated carbocycles. The SMILES string of the molecule is CCOc1nc(NN)nc(Oc2ccc(Br)cc2)n1. The second-order valence-corrected chi connectivity index (χ2v) is 4.27. The second kappa shape index (κ2) is 6.30. The highest BCUT2D eigenvalue weighted by Gasteiger charge is 2.08. The van der Waals surface area contributed by atoms with Crippen LogP contribution in [-0.4, -0.2) is 21.6 Å². The van der Waals surface area contributed by atoms with Crippen LogP contribution in [0.4, 0.5) is 5.95 Å². The molecule has 0 bridgehead atoms. The maximum atomic E-state index is 5.50. The van der Waals surface area contributed by atoms with Crippen molar-refractivity contribution in [3.63, 3.8) is 0 Å². The first kappa shape index (κ1) is 13.5. The zero-order valence-electron chi connectivity index (χ0n) is 10.1. The Morgan fingerprint density at radius 3 is 2.47 bits per heavy atom. The van der Waals surface area contributed by atoms with Gasteiger partial charge in [-0.1, -0.05) is 15.9 Å². The third-order valence-corrected chi connectivity index (χ3v) is 2.55. The predicted octanol–water partition coefficient (Wildman–Crippen LogP) is 2.11. The lowest BCUT2D eigenvalue weighted by atomic mass is 10.3. The van der Waals surface area contributed by atoms with Crippen LogP contribution in [0.25, 0.3) is 0 Å². The van der Waals surface area contributed by atoms with E-state index in [1.165, 1.54) is 0 Å². The van der Waals surface area contributed by atoms with Gasteiger partial charge < -0.3 is 9.47 Å². The molecule has 0 aliphatic heterocycles. The van der Waals surface area contributed by atoms with Crippen LogP contribution in [0.2, 0.25) is 0 Å². The molecule has 1 aromatic carbocycles. The second-order valence-electron chi connectivity index (χ2n) is 3.36. The van der Waals surface area contributed by atoms with Gasteiger partial charge in [-0.3, -0.25) is 5.43 Å². The number of nitrogens with two attached hydrogens (primary N) is 1. The van der Waals surface area contributed by atoms with E-state index in [9.17, 15) is 0 Å². The quantitative estimate of drug-likeness (QED) is 0.642. The van der Waals surface area contributed by atoms with Crippen molar-refractivity contribution in [3.8, 4) is 17.8 Å². The molecule has 2 aromatic rings. The van der Waals surface area contributed by atoms with E-state index in [4.69, 9.17) is 15.3 Å². The first-order valence-corrected chi connectivity index (χ1v) is 6.29. The number of nitrogen functional groups attached to an aromatic ring is 1. The molecule has 7 nitrogen and oxygen atoms in total. The highest BCUT2D eigenvalue weighted by molar-refractivity contribution is 9.10. The third kappa shape index (κ3) is 3.76. The minimum atomic E-state index is 0.105. The van der Waals surface area contributed by atoms with E-state index in [0.29, 0.717) is 12.4 Å². The molecule has 0 atom stereocenters. The van der Waals surface area contributed by atoms with Crippen molar-refractivity contribution in [3.05, 3.63) is 28.7 Å². The van der Waals surface area contributed by atoms with Gasteiger partial charge in [0, 0.05) is 4.47 Å². The number of nitrogens with one attached hydrogen (secondary N) is 1. The average Bonchev–Trinajstić information content (AvgIpc) is 2.41. The van der Waals surface area contributed by atoms with Gasteiger partial charge in [0.1, 0.15) is 5.75 Å². The molecule has 8 heteroatoms. The molecule has 0 amide bonds. The fraction of sp³-hybridized carbons (Fsp3) is 0.182. The van der Waals surface area contributed by atoms with Gasteiger partial charge in [-0.2, -0.15) is 9.97 Å². The number of halogens is 1. The minimum absolute atomic E-state index is 0.105. The molecule has 0 spiro atoms. The smallest absolute Gasteiger partial charge is 0.330 e. The molecule has 3 N–H and O–H groups in total. The molecule has 0 radical (unpaired) electrons. The van der Waals surface area contributed by atoms with E-state index in [2.05, 4.69) is 36.3 Å². The number of anilines is 1. The van der Waals surface area contributed by atoms with Crippen molar-refractivity contribution in [2.24, 2.45) is 5.84 Å². The number of ether oxygens (including phenoxy) is 2. The largest absolute Gasteiger partial charge is 0.464 e. The van der Waals surface area contributed by atoms with Gasteiger partial charge in [0.15, 0.2) is 0 Å². The highest BCUT2D eigenvalue weighted by atomic mass is 79.9. The van der Waals surface area contributed by atoms with Gasteiger partial charge in [0.25, 0.3) is 0 Å². The van der Waals surface area contributed by atoms with Crippen LogP contribution in [0.1, 0.15) is 6.92 Å². The Hall–Kier alpha value is -1.93. The van der Waals surface area contributed by atoms with Crippen LogP contribution < -0.4 is 20.7 Å². The molecule has 0 saturated heterocycles. The molecule has 2 rings (SSSR count).